The number of amides is 1. The summed E-state index contributed by atoms with van der Waals surface area (Å²) < 4.78 is 17.8. The molecular formula is C15H16FN3O3. The third kappa shape index (κ3) is 3.14. The van der Waals surface area contributed by atoms with Crippen LogP contribution in [0.3, 0.4) is 0 Å². The first-order valence-electron chi connectivity index (χ1n) is 7.09. The average Bonchev–Trinajstić information content (AvgIpc) is 3.25. The van der Waals surface area contributed by atoms with Crippen LogP contribution in [0.5, 0.6) is 0 Å². The minimum atomic E-state index is -0.891. The van der Waals surface area contributed by atoms with Gasteiger partial charge in [0.2, 0.25) is 5.89 Å². The van der Waals surface area contributed by atoms with Gasteiger partial charge >= 0.3 is 0 Å². The van der Waals surface area contributed by atoms with Gasteiger partial charge in [0, 0.05) is 13.0 Å². The van der Waals surface area contributed by atoms with E-state index in [0.717, 1.165) is 12.8 Å². The van der Waals surface area contributed by atoms with Gasteiger partial charge in [-0.05, 0) is 30.5 Å². The van der Waals surface area contributed by atoms with Crippen LogP contribution in [0.15, 0.2) is 28.8 Å². The van der Waals surface area contributed by atoms with Crippen LogP contribution in [0, 0.1) is 12.7 Å². The van der Waals surface area contributed by atoms with Crippen LogP contribution in [0.4, 0.5) is 4.39 Å². The summed E-state index contributed by atoms with van der Waals surface area (Å²) in [6.45, 7) is 1.72. The number of aliphatic hydroxyl groups excluding tert-OH is 1. The minimum absolute atomic E-state index is 0.00398. The SMILES string of the molecule is Cc1nc(C(=O)N(CC(O)c2ccc(F)cc2)C2CC2)no1. The van der Waals surface area contributed by atoms with Gasteiger partial charge in [0.25, 0.3) is 11.7 Å². The molecule has 1 aromatic carbocycles. The molecular weight excluding hydrogens is 289 g/mol. The van der Waals surface area contributed by atoms with Crippen LogP contribution in [0.2, 0.25) is 0 Å². The molecule has 1 atom stereocenters. The smallest absolute Gasteiger partial charge is 0.295 e. The molecule has 0 saturated heterocycles. The molecule has 6 nitrogen and oxygen atoms in total. The van der Waals surface area contributed by atoms with Gasteiger partial charge in [-0.1, -0.05) is 17.3 Å². The van der Waals surface area contributed by atoms with Gasteiger partial charge in [0.05, 0.1) is 12.6 Å². The molecule has 2 aromatic rings. The Labute approximate surface area is 126 Å². The van der Waals surface area contributed by atoms with Gasteiger partial charge in [-0.3, -0.25) is 4.79 Å². The van der Waals surface area contributed by atoms with Crippen LogP contribution in [-0.2, 0) is 0 Å². The van der Waals surface area contributed by atoms with Gasteiger partial charge in [0.15, 0.2) is 0 Å². The van der Waals surface area contributed by atoms with Crippen LogP contribution in [-0.4, -0.2) is 38.6 Å². The van der Waals surface area contributed by atoms with E-state index in [-0.39, 0.29) is 30.1 Å². The Hall–Kier alpha value is -2.28. The first kappa shape index (κ1) is 14.6. The Morgan fingerprint density at radius 2 is 2.14 bits per heavy atom. The second-order valence-corrected chi connectivity index (χ2v) is 5.39. The van der Waals surface area contributed by atoms with Gasteiger partial charge in [-0.15, -0.1) is 0 Å². The van der Waals surface area contributed by atoms with E-state index in [0.29, 0.717) is 11.5 Å². The number of aliphatic hydroxyl groups is 1. The summed E-state index contributed by atoms with van der Waals surface area (Å²) in [5, 5.41) is 13.9. The Balaban J connectivity index is 1.74. The highest BCUT2D eigenvalue weighted by atomic mass is 19.1. The van der Waals surface area contributed by atoms with Crippen molar-refractivity contribution in [2.24, 2.45) is 0 Å². The zero-order chi connectivity index (χ0) is 15.7. The maximum absolute atomic E-state index is 12.9. The molecule has 3 rings (SSSR count). The molecule has 22 heavy (non-hydrogen) atoms. The molecule has 0 spiro atoms. The predicted octanol–water partition coefficient (Wildman–Crippen LogP) is 1.86. The molecule has 1 fully saturated rings. The lowest BCUT2D eigenvalue weighted by atomic mass is 10.1. The quantitative estimate of drug-likeness (QED) is 0.912. The average molecular weight is 305 g/mol. The molecule has 1 N–H and O–H groups in total. The van der Waals surface area contributed by atoms with Gasteiger partial charge in [-0.2, -0.15) is 4.98 Å². The molecule has 0 radical (unpaired) electrons. The first-order chi connectivity index (χ1) is 10.5. The van der Waals surface area contributed by atoms with Gasteiger partial charge in [-0.25, -0.2) is 4.39 Å². The summed E-state index contributed by atoms with van der Waals surface area (Å²) in [5.41, 5.74) is 0.559. The largest absolute Gasteiger partial charge is 0.387 e. The van der Waals surface area contributed by atoms with E-state index in [1.807, 2.05) is 0 Å². The van der Waals surface area contributed by atoms with Crippen molar-refractivity contribution in [2.45, 2.75) is 31.9 Å². The maximum Gasteiger partial charge on any atom is 0.295 e. The number of aromatic nitrogens is 2. The molecule has 1 amide bonds. The van der Waals surface area contributed by atoms with Crippen molar-refractivity contribution in [2.75, 3.05) is 6.54 Å². The number of nitrogens with zero attached hydrogens (tertiary/aromatic N) is 3. The molecule has 1 aromatic heterocycles. The minimum Gasteiger partial charge on any atom is -0.387 e. The fourth-order valence-electron chi connectivity index (χ4n) is 2.28. The van der Waals surface area contributed by atoms with Crippen molar-refractivity contribution in [1.29, 1.82) is 0 Å². The number of carbonyl (C=O) groups excluding carboxylic acids is 1. The van der Waals surface area contributed by atoms with Crippen LogP contribution < -0.4 is 0 Å². The third-order valence-electron chi connectivity index (χ3n) is 3.59. The highest BCUT2D eigenvalue weighted by molar-refractivity contribution is 5.90. The van der Waals surface area contributed by atoms with Crippen molar-refractivity contribution in [3.05, 3.63) is 47.4 Å². The van der Waals surface area contributed by atoms with Gasteiger partial charge in [0.1, 0.15) is 5.82 Å². The normalized spacial score (nSPS) is 15.6. The zero-order valence-corrected chi connectivity index (χ0v) is 12.1. The molecule has 0 aliphatic heterocycles. The predicted molar refractivity (Wildman–Crippen MR) is 74.5 cm³/mol. The van der Waals surface area contributed by atoms with E-state index in [9.17, 15) is 14.3 Å². The number of hydrogen-bond donors (Lipinski definition) is 1. The zero-order valence-electron chi connectivity index (χ0n) is 12.1. The molecule has 116 valence electrons. The molecule has 1 aliphatic rings. The summed E-state index contributed by atoms with van der Waals surface area (Å²) in [6.07, 6.45) is 0.885. The molecule has 1 unspecified atom stereocenters. The standard InChI is InChI=1S/C15H16FN3O3/c1-9-17-14(18-22-9)15(21)19(12-6-7-12)8-13(20)10-2-4-11(16)5-3-10/h2-5,12-13,20H,6-8H2,1H3. The highest BCUT2D eigenvalue weighted by Gasteiger charge is 2.36. The number of rotatable bonds is 5. The fourth-order valence-corrected chi connectivity index (χ4v) is 2.28. The Bertz CT molecular complexity index is 667. The number of aryl methyl sites for hydroxylation is 1. The van der Waals surface area contributed by atoms with Crippen LogP contribution in [0.25, 0.3) is 0 Å². The topological polar surface area (TPSA) is 79.5 Å². The van der Waals surface area contributed by atoms with E-state index < -0.39 is 6.10 Å². The number of carbonyl (C=O) groups is 1. The Kier molecular flexibility index (Phi) is 3.89. The van der Waals surface area contributed by atoms with Crippen molar-refractivity contribution < 1.29 is 18.8 Å². The van der Waals surface area contributed by atoms with Crippen molar-refractivity contribution >= 4 is 5.91 Å². The Morgan fingerprint density at radius 3 is 2.68 bits per heavy atom. The third-order valence-corrected chi connectivity index (χ3v) is 3.59. The van der Waals surface area contributed by atoms with Gasteiger partial charge < -0.3 is 14.5 Å². The molecule has 1 heterocycles. The van der Waals surface area contributed by atoms with E-state index in [1.165, 1.54) is 24.3 Å². The first-order valence-corrected chi connectivity index (χ1v) is 7.09. The summed E-state index contributed by atoms with van der Waals surface area (Å²) in [4.78, 5) is 17.9. The van der Waals surface area contributed by atoms with Crippen LogP contribution in [0.1, 0.15) is 41.0 Å². The number of halogens is 1. The van der Waals surface area contributed by atoms with Crippen molar-refractivity contribution in [3.63, 3.8) is 0 Å². The van der Waals surface area contributed by atoms with E-state index in [4.69, 9.17) is 4.52 Å². The summed E-state index contributed by atoms with van der Waals surface area (Å²) >= 11 is 0. The van der Waals surface area contributed by atoms with E-state index >= 15 is 0 Å². The van der Waals surface area contributed by atoms with Crippen LogP contribution >= 0.6 is 0 Å². The van der Waals surface area contributed by atoms with E-state index in [2.05, 4.69) is 10.1 Å². The van der Waals surface area contributed by atoms with Crippen molar-refractivity contribution in [1.82, 2.24) is 15.0 Å². The second kappa shape index (κ2) is 5.84. The highest BCUT2D eigenvalue weighted by Crippen LogP contribution is 2.30. The summed E-state index contributed by atoms with van der Waals surface area (Å²) in [7, 11) is 0. The summed E-state index contributed by atoms with van der Waals surface area (Å²) in [5.74, 6) is -0.414. The monoisotopic (exact) mass is 305 g/mol. The lowest BCUT2D eigenvalue weighted by Gasteiger charge is -2.24. The number of benzene rings is 1. The molecule has 1 aliphatic carbocycles. The summed E-state index contributed by atoms with van der Waals surface area (Å²) in [6, 6.07) is 5.66. The lowest BCUT2D eigenvalue weighted by Crippen LogP contribution is -2.37. The second-order valence-electron chi connectivity index (χ2n) is 5.39. The van der Waals surface area contributed by atoms with Crippen molar-refractivity contribution in [3.8, 4) is 0 Å². The molecule has 0 bridgehead atoms. The lowest BCUT2D eigenvalue weighted by molar-refractivity contribution is 0.0588. The number of hydrogen-bond acceptors (Lipinski definition) is 5. The Morgan fingerprint density at radius 1 is 1.45 bits per heavy atom. The molecule has 7 heteroatoms. The molecule has 1 saturated carbocycles. The fraction of sp³-hybridized carbons (Fsp3) is 0.400. The van der Waals surface area contributed by atoms with E-state index in [1.54, 1.807) is 11.8 Å². The maximum atomic E-state index is 12.9.